The van der Waals surface area contributed by atoms with Crippen LogP contribution in [0.5, 0.6) is 0 Å². The van der Waals surface area contributed by atoms with Crippen LogP contribution in [0.3, 0.4) is 0 Å². The van der Waals surface area contributed by atoms with Gasteiger partial charge in [-0.2, -0.15) is 0 Å². The summed E-state index contributed by atoms with van der Waals surface area (Å²) in [6.45, 7) is 8.12. The first-order chi connectivity index (χ1) is 8.20. The molecule has 3 N–H and O–H groups in total. The van der Waals surface area contributed by atoms with Gasteiger partial charge in [0.05, 0.1) is 17.8 Å². The summed E-state index contributed by atoms with van der Waals surface area (Å²) < 4.78 is 0. The molecule has 3 heteroatoms. The van der Waals surface area contributed by atoms with Crippen molar-refractivity contribution >= 4 is 0 Å². The second-order valence-corrected chi connectivity index (χ2v) is 7.33. The van der Waals surface area contributed by atoms with Gasteiger partial charge in [0, 0.05) is 11.3 Å². The largest absolute Gasteiger partial charge is 0.393 e. The van der Waals surface area contributed by atoms with E-state index in [-0.39, 0.29) is 17.3 Å². The molecule has 2 aliphatic rings. The van der Waals surface area contributed by atoms with E-state index in [2.05, 4.69) is 13.8 Å². The highest BCUT2D eigenvalue weighted by Gasteiger charge is 2.59. The lowest BCUT2D eigenvalue weighted by atomic mass is 9.50. The van der Waals surface area contributed by atoms with Crippen molar-refractivity contribution < 1.29 is 15.3 Å². The predicted molar refractivity (Wildman–Crippen MR) is 71.0 cm³/mol. The molecule has 0 aromatic carbocycles. The first-order valence-electron chi connectivity index (χ1n) is 7.28. The Labute approximate surface area is 110 Å². The second-order valence-electron chi connectivity index (χ2n) is 7.33. The van der Waals surface area contributed by atoms with Gasteiger partial charge in [-0.15, -0.1) is 0 Å². The molecule has 0 saturated heterocycles. The van der Waals surface area contributed by atoms with Gasteiger partial charge in [0.15, 0.2) is 0 Å². The van der Waals surface area contributed by atoms with Crippen LogP contribution >= 0.6 is 0 Å². The topological polar surface area (TPSA) is 60.7 Å². The molecule has 0 spiro atoms. The number of aliphatic hydroxyl groups excluding tert-OH is 2. The molecule has 0 heterocycles. The summed E-state index contributed by atoms with van der Waals surface area (Å²) >= 11 is 0. The molecule has 0 radical (unpaired) electrons. The van der Waals surface area contributed by atoms with E-state index in [1.54, 1.807) is 0 Å². The van der Waals surface area contributed by atoms with Crippen LogP contribution in [0.15, 0.2) is 0 Å². The Morgan fingerprint density at radius 1 is 1.06 bits per heavy atom. The van der Waals surface area contributed by atoms with Crippen molar-refractivity contribution in [1.82, 2.24) is 0 Å². The van der Waals surface area contributed by atoms with Crippen LogP contribution in [0.4, 0.5) is 0 Å². The molecule has 106 valence electrons. The molecule has 0 unspecified atom stereocenters. The highest BCUT2D eigenvalue weighted by molar-refractivity contribution is 5.08. The maximum atomic E-state index is 10.7. The summed E-state index contributed by atoms with van der Waals surface area (Å²) in [5.74, 6) is 0.439. The highest BCUT2D eigenvalue weighted by Crippen LogP contribution is 2.56. The van der Waals surface area contributed by atoms with Crippen molar-refractivity contribution in [2.24, 2.45) is 23.2 Å². The fourth-order valence-corrected chi connectivity index (χ4v) is 4.54. The van der Waals surface area contributed by atoms with Gasteiger partial charge >= 0.3 is 0 Å². The number of aliphatic hydroxyl groups is 3. The number of rotatable bonds is 1. The van der Waals surface area contributed by atoms with Crippen LogP contribution in [0.2, 0.25) is 0 Å². The molecule has 2 saturated carbocycles. The quantitative estimate of drug-likeness (QED) is 0.672. The van der Waals surface area contributed by atoms with E-state index in [9.17, 15) is 15.3 Å². The second kappa shape index (κ2) is 4.46. The van der Waals surface area contributed by atoms with Crippen LogP contribution < -0.4 is 0 Å². The Morgan fingerprint density at radius 2 is 1.67 bits per heavy atom. The van der Waals surface area contributed by atoms with Gasteiger partial charge in [-0.25, -0.2) is 0 Å². The van der Waals surface area contributed by atoms with Crippen LogP contribution in [-0.2, 0) is 0 Å². The minimum Gasteiger partial charge on any atom is -0.393 e. The predicted octanol–water partition coefficient (Wildman–Crippen LogP) is 1.94. The van der Waals surface area contributed by atoms with Gasteiger partial charge in [0.2, 0.25) is 0 Å². The average molecular weight is 256 g/mol. The fraction of sp³-hybridized carbons (Fsp3) is 1.00. The molecular formula is C15H28O3. The lowest BCUT2D eigenvalue weighted by molar-refractivity contribution is -0.219. The van der Waals surface area contributed by atoms with Gasteiger partial charge < -0.3 is 15.3 Å². The summed E-state index contributed by atoms with van der Waals surface area (Å²) in [5, 5.41) is 31.6. The van der Waals surface area contributed by atoms with Crippen LogP contribution in [0, 0.1) is 23.2 Å². The van der Waals surface area contributed by atoms with E-state index in [4.69, 9.17) is 0 Å². The zero-order valence-electron chi connectivity index (χ0n) is 12.1. The van der Waals surface area contributed by atoms with Gasteiger partial charge in [-0.3, -0.25) is 0 Å². The molecule has 2 rings (SSSR count). The summed E-state index contributed by atoms with van der Waals surface area (Å²) in [5.41, 5.74) is -1.20. The third-order valence-corrected chi connectivity index (χ3v) is 5.72. The summed E-state index contributed by atoms with van der Waals surface area (Å²) in [6, 6.07) is 0. The lowest BCUT2D eigenvalue weighted by Gasteiger charge is -2.58. The first kappa shape index (κ1) is 14.3. The van der Waals surface area contributed by atoms with E-state index in [0.717, 1.165) is 12.8 Å². The van der Waals surface area contributed by atoms with Gasteiger partial charge in [0.1, 0.15) is 0 Å². The van der Waals surface area contributed by atoms with Crippen LogP contribution in [0.1, 0.15) is 53.4 Å². The Hall–Kier alpha value is -0.120. The summed E-state index contributed by atoms with van der Waals surface area (Å²) in [6.07, 6.45) is 2.16. The third kappa shape index (κ3) is 2.00. The molecule has 6 atom stereocenters. The maximum Gasteiger partial charge on any atom is 0.0679 e. The molecule has 0 aromatic heterocycles. The fourth-order valence-electron chi connectivity index (χ4n) is 4.54. The van der Waals surface area contributed by atoms with E-state index in [1.165, 1.54) is 0 Å². The Balaban J connectivity index is 2.35. The number of hydrogen-bond acceptors (Lipinski definition) is 3. The lowest BCUT2D eigenvalue weighted by Crippen LogP contribution is -2.63. The molecule has 0 amide bonds. The highest BCUT2D eigenvalue weighted by atomic mass is 16.3. The van der Waals surface area contributed by atoms with E-state index in [0.29, 0.717) is 18.8 Å². The number of hydrogen-bond donors (Lipinski definition) is 3. The monoisotopic (exact) mass is 256 g/mol. The van der Waals surface area contributed by atoms with Gasteiger partial charge in [-0.1, -0.05) is 20.8 Å². The minimum atomic E-state index is -0.860. The zero-order valence-corrected chi connectivity index (χ0v) is 12.1. The van der Waals surface area contributed by atoms with Crippen LogP contribution in [0.25, 0.3) is 0 Å². The molecule has 2 aliphatic carbocycles. The summed E-state index contributed by atoms with van der Waals surface area (Å²) in [4.78, 5) is 0. The Bertz CT molecular complexity index is 313. The standard InChI is InChI=1S/C15H28O3/c1-9(2)10-5-7-14(3)11(16)6-8-15(4,18)13(14)12(10)17/h9-13,16-18H,5-8H2,1-4H3/t10-,11-,12-,13+,14-,15+/m0/s1. The van der Waals surface area contributed by atoms with E-state index >= 15 is 0 Å². The molecule has 0 aromatic rings. The third-order valence-electron chi connectivity index (χ3n) is 5.72. The van der Waals surface area contributed by atoms with Gasteiger partial charge in [-0.05, 0) is 44.4 Å². The van der Waals surface area contributed by atoms with Crippen LogP contribution in [-0.4, -0.2) is 33.1 Å². The molecule has 0 aliphatic heterocycles. The average Bonchev–Trinajstić information content (AvgIpc) is 2.23. The molecule has 3 nitrogen and oxygen atoms in total. The summed E-state index contributed by atoms with van der Waals surface area (Å²) in [7, 11) is 0. The molecule has 0 bridgehead atoms. The van der Waals surface area contributed by atoms with Crippen molar-refractivity contribution in [2.75, 3.05) is 0 Å². The van der Waals surface area contributed by atoms with Crippen molar-refractivity contribution in [2.45, 2.75) is 71.2 Å². The number of fused-ring (bicyclic) bond motifs is 1. The van der Waals surface area contributed by atoms with Crippen molar-refractivity contribution in [1.29, 1.82) is 0 Å². The Morgan fingerprint density at radius 3 is 2.22 bits per heavy atom. The molecule has 18 heavy (non-hydrogen) atoms. The molecular weight excluding hydrogens is 228 g/mol. The minimum absolute atomic E-state index is 0.213. The first-order valence-corrected chi connectivity index (χ1v) is 7.28. The van der Waals surface area contributed by atoms with Gasteiger partial charge in [0.25, 0.3) is 0 Å². The zero-order chi connectivity index (χ0) is 13.7. The van der Waals surface area contributed by atoms with Crippen molar-refractivity contribution in [3.8, 4) is 0 Å². The Kier molecular flexibility index (Phi) is 3.54. The normalized spacial score (nSPS) is 53.3. The van der Waals surface area contributed by atoms with Crippen molar-refractivity contribution in [3.63, 3.8) is 0 Å². The smallest absolute Gasteiger partial charge is 0.0679 e. The maximum absolute atomic E-state index is 10.7. The SMILES string of the molecule is CC(C)[C@@H]1CC[C@]2(C)[C@@H]([C@H]1O)[C@](C)(O)CC[C@@H]2O. The van der Waals surface area contributed by atoms with E-state index < -0.39 is 17.8 Å². The van der Waals surface area contributed by atoms with Crippen molar-refractivity contribution in [3.05, 3.63) is 0 Å². The molecule has 2 fully saturated rings. The van der Waals surface area contributed by atoms with E-state index in [1.807, 2.05) is 13.8 Å².